The maximum atomic E-state index is 16.7. The Balaban J connectivity index is 1.02. The van der Waals surface area contributed by atoms with Gasteiger partial charge in [0.1, 0.15) is 0 Å². The van der Waals surface area contributed by atoms with Crippen LogP contribution in [0.15, 0.2) is 67.5 Å². The van der Waals surface area contributed by atoms with Crippen molar-refractivity contribution in [3.8, 4) is 41.8 Å². The van der Waals surface area contributed by atoms with E-state index in [9.17, 15) is 0 Å². The minimum Gasteiger partial charge on any atom is -0.281 e. The summed E-state index contributed by atoms with van der Waals surface area (Å²) in [7, 11) is 0. The Kier molecular flexibility index (Phi) is 29.0. The molecule has 8 atom stereocenters. The molecule has 0 saturated carbocycles. The molecule has 116 heavy (non-hydrogen) atoms. The molecule has 0 spiro atoms. The van der Waals surface area contributed by atoms with E-state index in [1.165, 1.54) is 277 Å². The zero-order chi connectivity index (χ0) is 82.1. The fraction of sp³-hybridized carbons (Fsp3) is 0.642. The molecule has 0 fully saturated rings. The van der Waals surface area contributed by atoms with Gasteiger partial charge in [-0.3, -0.25) is 19.4 Å². The molecule has 0 radical (unpaired) electrons. The van der Waals surface area contributed by atoms with Gasteiger partial charge >= 0.3 is 0 Å². The summed E-state index contributed by atoms with van der Waals surface area (Å²) in [6.45, 7) is 39.0. The summed E-state index contributed by atoms with van der Waals surface area (Å²) in [5.74, 6) is 4.60. The van der Waals surface area contributed by atoms with Crippen LogP contribution in [0.5, 0.6) is 0 Å². The van der Waals surface area contributed by atoms with E-state index in [4.69, 9.17) is 0 Å². The Morgan fingerprint density at radius 2 is 0.526 bits per heavy atom. The monoisotopic (exact) mass is 1760 g/mol. The van der Waals surface area contributed by atoms with E-state index in [1.54, 1.807) is 33.4 Å². The van der Waals surface area contributed by atoms with E-state index in [2.05, 4.69) is 204 Å². The van der Waals surface area contributed by atoms with Crippen molar-refractivity contribution in [2.45, 2.75) is 389 Å². The zero-order valence-corrected chi connectivity index (χ0v) is 81.2. The Labute approximate surface area is 737 Å². The number of carbonyl (C=O) groups is 2. The highest BCUT2D eigenvalue weighted by Gasteiger charge is 2.59. The molecule has 0 bridgehead atoms. The van der Waals surface area contributed by atoms with Crippen molar-refractivity contribution in [2.24, 2.45) is 47.3 Å². The van der Waals surface area contributed by atoms with Gasteiger partial charge in [0.25, 0.3) is 11.8 Å². The van der Waals surface area contributed by atoms with Crippen molar-refractivity contribution >= 4 is 113 Å². The number of thiophene rings is 4. The van der Waals surface area contributed by atoms with E-state index in [0.717, 1.165) is 72.5 Å². The average Bonchev–Trinajstić information content (AvgIpc) is 1.50. The van der Waals surface area contributed by atoms with E-state index in [0.29, 0.717) is 58.5 Å². The predicted molar refractivity (Wildman–Crippen MR) is 514 cm³/mol. The Hall–Kier alpha value is -3.90. The first-order valence-electron chi connectivity index (χ1n) is 48.2. The highest BCUT2D eigenvalue weighted by atomic mass is 79.9. The molecule has 4 aliphatic carbocycles. The number of rotatable bonds is 48. The molecule has 0 N–H and O–H groups in total. The summed E-state index contributed by atoms with van der Waals surface area (Å²) in [4.78, 5) is 45.5. The number of amides is 2. The van der Waals surface area contributed by atoms with Crippen molar-refractivity contribution in [3.63, 3.8) is 0 Å². The predicted octanol–water partition coefficient (Wildman–Crippen LogP) is 35.2. The second-order valence-electron chi connectivity index (χ2n) is 38.3. The van der Waals surface area contributed by atoms with Crippen molar-refractivity contribution < 1.29 is 9.59 Å². The van der Waals surface area contributed by atoms with Crippen LogP contribution in [-0.2, 0) is 31.2 Å². The zero-order valence-electron chi connectivity index (χ0n) is 74.8. The van der Waals surface area contributed by atoms with Crippen molar-refractivity contribution in [1.29, 1.82) is 0 Å². The normalized spacial score (nSPS) is 22.1. The summed E-state index contributed by atoms with van der Waals surface area (Å²) in [6, 6.07) is 16.6. The largest absolute Gasteiger partial charge is 0.281 e. The highest BCUT2D eigenvalue weighted by molar-refractivity contribution is 9.11. The highest BCUT2D eigenvalue weighted by Crippen LogP contribution is 2.71. The van der Waals surface area contributed by atoms with Gasteiger partial charge in [0.2, 0.25) is 0 Å². The molecule has 10 heteroatoms. The number of unbranched alkanes of at least 4 members (excludes halogenated alkanes) is 8. The van der Waals surface area contributed by atoms with E-state index < -0.39 is 0 Å². The number of carbonyl (C=O) groups excluding carboxylic acids is 2. The maximum Gasteiger partial charge on any atom is 0.265 e. The van der Waals surface area contributed by atoms with Gasteiger partial charge in [0, 0.05) is 64.7 Å². The van der Waals surface area contributed by atoms with Gasteiger partial charge in [-0.15, -0.1) is 45.3 Å². The molecule has 4 nitrogen and oxygen atoms in total. The summed E-state index contributed by atoms with van der Waals surface area (Å²) in [5.41, 5.74) is 23.2. The Morgan fingerprint density at radius 1 is 0.293 bits per heavy atom. The van der Waals surface area contributed by atoms with Crippen LogP contribution in [0.4, 0.5) is 0 Å². The maximum absolute atomic E-state index is 16.7. The fourth-order valence-electron chi connectivity index (χ4n) is 24.7. The van der Waals surface area contributed by atoms with Gasteiger partial charge in [-0.1, -0.05) is 316 Å². The number of hydrogen-bond acceptors (Lipinski definition) is 6. The van der Waals surface area contributed by atoms with Crippen molar-refractivity contribution in [1.82, 2.24) is 9.80 Å². The first-order valence-corrected chi connectivity index (χ1v) is 53.1. The van der Waals surface area contributed by atoms with Gasteiger partial charge < -0.3 is 0 Å². The van der Waals surface area contributed by atoms with Gasteiger partial charge in [-0.25, -0.2) is 0 Å². The van der Waals surface area contributed by atoms with Crippen LogP contribution in [-0.4, -0.2) is 21.6 Å². The quantitative estimate of drug-likeness (QED) is 0.0382. The van der Waals surface area contributed by atoms with Crippen LogP contribution in [0.25, 0.3) is 65.3 Å². The van der Waals surface area contributed by atoms with E-state index in [1.807, 2.05) is 55.1 Å². The minimum atomic E-state index is -0.272. The third-order valence-corrected chi connectivity index (χ3v) is 37.2. The third-order valence-electron chi connectivity index (χ3n) is 31.4. The van der Waals surface area contributed by atoms with E-state index in [-0.39, 0.29) is 33.5 Å². The first kappa shape index (κ1) is 88.4. The molecule has 8 unspecified atom stereocenters. The SMILES string of the molecule is CCCCC(CC)CC1(CC(CC)CCCC)c2cc3c(cc2-c2sc(Br)cc21)C(CC(CC)CCCC)(CC(CC)CCCC)c1c-3sc2c1C=CN1C(=O)C3=C4c5sc6c(c5C=CN4C(=O)C3=C21)C(CC(CC)CCCC)(CC(CC)CCCC)c1cc2c(cc1-6)C(CC(CC)CCCC)(CC(CC)CCCC)c1cc(Br)sc1-2. The lowest BCUT2D eigenvalue weighted by molar-refractivity contribution is -0.122. The number of fused-ring (bicyclic) bond motifs is 21. The smallest absolute Gasteiger partial charge is 0.265 e. The molecule has 4 aromatic heterocycles. The number of halogens is 2. The van der Waals surface area contributed by atoms with Gasteiger partial charge in [0.05, 0.1) is 39.9 Å². The molecule has 6 aromatic rings. The molecule has 0 saturated heterocycles. The molecule has 8 heterocycles. The molecule has 4 aliphatic heterocycles. The Bertz CT molecular complexity index is 4270. The minimum absolute atomic E-state index is 0.0408. The van der Waals surface area contributed by atoms with Crippen molar-refractivity contribution in [3.05, 3.63) is 133 Å². The summed E-state index contributed by atoms with van der Waals surface area (Å²) >= 11 is 16.4. The lowest BCUT2D eigenvalue weighted by Gasteiger charge is -2.40. The standard InChI is InChI=1S/C106H146Br2N2O2S4/c1-17-33-41-67(25-9)59-103(60-68(26-10)42-34-18-2)81-55-79-83(53-77(81)95-85(103)57-87(107)113-95)105(63-71(29-13)45-37-21-5,64-72(30-14)46-38-22-6)91-75-49-51-109-93(99(75)115-97(79)91)89-90(102(109)112)94-100-76(50-52-110(94)101(89)111)92-98(116-100)80-56-82-78(54-84(80)106(92,65-73(31-15)47-39-23-7)66-74(32-16)48-40-24-8)96-86(58-88(108)114-96)104(82,61-69(27-11)43-35-19-3)62-70(28-12)44-36-20-4/h49-58,67-74H,17-48,59-66H2,1-16H3. The van der Waals surface area contributed by atoms with E-state index >= 15 is 9.59 Å². The topological polar surface area (TPSA) is 40.6 Å². The number of nitrogens with zero attached hydrogens (tertiary/aromatic N) is 2. The molecular weight excluding hydrogens is 1620 g/mol. The van der Waals surface area contributed by atoms with Crippen LogP contribution in [0, 0.1) is 47.3 Å². The van der Waals surface area contributed by atoms with Crippen LogP contribution in [0.3, 0.4) is 0 Å². The molecule has 630 valence electrons. The number of benzene rings is 2. The molecule has 14 rings (SSSR count). The van der Waals surface area contributed by atoms with Crippen LogP contribution >= 0.6 is 77.2 Å². The molecule has 8 aliphatic rings. The number of hydrogen-bond donors (Lipinski definition) is 0. The third kappa shape index (κ3) is 15.6. The van der Waals surface area contributed by atoms with Crippen molar-refractivity contribution in [2.75, 3.05) is 0 Å². The summed E-state index contributed by atoms with van der Waals surface area (Å²) in [5, 5.41) is 0. The molecule has 2 amide bonds. The average molecular weight is 1770 g/mol. The van der Waals surface area contributed by atoms with Crippen LogP contribution in [0.2, 0.25) is 0 Å². The molecular formula is C106H146Br2N2O2S4. The fourth-order valence-corrected chi connectivity index (χ4v) is 31.1. The van der Waals surface area contributed by atoms with Gasteiger partial charge in [0.15, 0.2) is 0 Å². The van der Waals surface area contributed by atoms with Gasteiger partial charge in [-0.05, 0) is 246 Å². The second-order valence-corrected chi connectivity index (χ2v) is 45.2. The molecule has 2 aromatic carbocycles. The van der Waals surface area contributed by atoms with Gasteiger partial charge in [-0.2, -0.15) is 0 Å². The Morgan fingerprint density at radius 3 is 0.767 bits per heavy atom. The second kappa shape index (κ2) is 38.1. The first-order chi connectivity index (χ1) is 56.4. The van der Waals surface area contributed by atoms with Crippen LogP contribution < -0.4 is 0 Å². The summed E-state index contributed by atoms with van der Waals surface area (Å²) in [6.07, 6.45) is 57.5. The summed E-state index contributed by atoms with van der Waals surface area (Å²) < 4.78 is 2.54. The lowest BCUT2D eigenvalue weighted by atomic mass is 9.63. The lowest BCUT2D eigenvalue weighted by Crippen LogP contribution is -2.33. The van der Waals surface area contributed by atoms with Crippen LogP contribution in [0.1, 0.15) is 433 Å².